The SMILES string of the molecule is COc1cccc(C2Oc3cc(O)ccc3CC2O)c1. The predicted octanol–water partition coefficient (Wildman–Crippen LogP) is 2.44. The molecule has 1 heterocycles. The molecule has 2 unspecified atom stereocenters. The second-order valence-electron chi connectivity index (χ2n) is 4.88. The van der Waals surface area contributed by atoms with E-state index in [-0.39, 0.29) is 5.75 Å². The molecule has 0 aliphatic carbocycles. The van der Waals surface area contributed by atoms with Gasteiger partial charge in [0.25, 0.3) is 0 Å². The minimum Gasteiger partial charge on any atom is -0.508 e. The zero-order chi connectivity index (χ0) is 14.1. The van der Waals surface area contributed by atoms with Crippen molar-refractivity contribution in [2.24, 2.45) is 0 Å². The van der Waals surface area contributed by atoms with E-state index in [2.05, 4.69) is 0 Å². The lowest BCUT2D eigenvalue weighted by Crippen LogP contribution is -2.30. The van der Waals surface area contributed by atoms with Gasteiger partial charge in [0.15, 0.2) is 0 Å². The zero-order valence-electron chi connectivity index (χ0n) is 11.1. The molecule has 0 aromatic heterocycles. The van der Waals surface area contributed by atoms with Crippen LogP contribution in [-0.2, 0) is 6.42 Å². The van der Waals surface area contributed by atoms with Crippen LogP contribution in [0.15, 0.2) is 42.5 Å². The van der Waals surface area contributed by atoms with Crippen LogP contribution >= 0.6 is 0 Å². The highest BCUT2D eigenvalue weighted by Gasteiger charge is 2.30. The second kappa shape index (κ2) is 5.06. The number of hydrogen-bond donors (Lipinski definition) is 2. The number of phenols is 1. The van der Waals surface area contributed by atoms with Crippen LogP contribution in [0.25, 0.3) is 0 Å². The number of hydrogen-bond acceptors (Lipinski definition) is 4. The Kier molecular flexibility index (Phi) is 3.24. The van der Waals surface area contributed by atoms with Crippen molar-refractivity contribution in [2.75, 3.05) is 7.11 Å². The lowest BCUT2D eigenvalue weighted by Gasteiger charge is -2.31. The molecular weight excluding hydrogens is 256 g/mol. The Morgan fingerprint density at radius 1 is 1.20 bits per heavy atom. The summed E-state index contributed by atoms with van der Waals surface area (Å²) in [4.78, 5) is 0. The number of aliphatic hydroxyl groups excluding tert-OH is 1. The number of rotatable bonds is 2. The van der Waals surface area contributed by atoms with E-state index in [1.165, 1.54) is 0 Å². The van der Waals surface area contributed by atoms with E-state index in [4.69, 9.17) is 9.47 Å². The van der Waals surface area contributed by atoms with Crippen molar-refractivity contribution in [3.05, 3.63) is 53.6 Å². The number of fused-ring (bicyclic) bond motifs is 1. The third-order valence-corrected chi connectivity index (χ3v) is 3.51. The van der Waals surface area contributed by atoms with Gasteiger partial charge in [0.2, 0.25) is 0 Å². The third-order valence-electron chi connectivity index (χ3n) is 3.51. The minimum atomic E-state index is -0.626. The van der Waals surface area contributed by atoms with E-state index < -0.39 is 12.2 Å². The van der Waals surface area contributed by atoms with Gasteiger partial charge in [-0.3, -0.25) is 0 Å². The summed E-state index contributed by atoms with van der Waals surface area (Å²) in [5.41, 5.74) is 1.75. The summed E-state index contributed by atoms with van der Waals surface area (Å²) < 4.78 is 11.0. The fourth-order valence-corrected chi connectivity index (χ4v) is 2.48. The molecule has 4 heteroatoms. The first-order chi connectivity index (χ1) is 9.67. The minimum absolute atomic E-state index is 0.157. The summed E-state index contributed by atoms with van der Waals surface area (Å²) in [5, 5.41) is 19.8. The molecule has 1 aliphatic heterocycles. The van der Waals surface area contributed by atoms with Crippen LogP contribution < -0.4 is 9.47 Å². The first kappa shape index (κ1) is 12.8. The fourth-order valence-electron chi connectivity index (χ4n) is 2.48. The van der Waals surface area contributed by atoms with Crippen LogP contribution in [0, 0.1) is 0 Å². The number of aromatic hydroxyl groups is 1. The first-order valence-corrected chi connectivity index (χ1v) is 6.48. The molecule has 2 aromatic carbocycles. The van der Waals surface area contributed by atoms with Gasteiger partial charge in [0, 0.05) is 12.5 Å². The summed E-state index contributed by atoms with van der Waals surface area (Å²) >= 11 is 0. The molecule has 0 saturated heterocycles. The standard InChI is InChI=1S/C16H16O4/c1-19-13-4-2-3-11(7-13)16-14(18)8-10-5-6-12(17)9-15(10)20-16/h2-7,9,14,16-18H,8H2,1H3. The number of benzene rings is 2. The number of aliphatic hydroxyl groups is 1. The molecule has 20 heavy (non-hydrogen) atoms. The molecule has 4 nitrogen and oxygen atoms in total. The Labute approximate surface area is 117 Å². The molecule has 2 atom stereocenters. The highest BCUT2D eigenvalue weighted by Crippen LogP contribution is 2.37. The number of ether oxygens (including phenoxy) is 2. The van der Waals surface area contributed by atoms with Gasteiger partial charge in [-0.15, -0.1) is 0 Å². The van der Waals surface area contributed by atoms with Crippen molar-refractivity contribution in [2.45, 2.75) is 18.6 Å². The smallest absolute Gasteiger partial charge is 0.150 e. The highest BCUT2D eigenvalue weighted by atomic mass is 16.5. The number of phenolic OH excluding ortho intramolecular Hbond substituents is 1. The molecular formula is C16H16O4. The van der Waals surface area contributed by atoms with Gasteiger partial charge in [0.1, 0.15) is 23.4 Å². The van der Waals surface area contributed by atoms with Crippen molar-refractivity contribution < 1.29 is 19.7 Å². The molecule has 0 spiro atoms. The van der Waals surface area contributed by atoms with Gasteiger partial charge in [-0.1, -0.05) is 18.2 Å². The highest BCUT2D eigenvalue weighted by molar-refractivity contribution is 5.43. The van der Waals surface area contributed by atoms with Gasteiger partial charge in [-0.05, 0) is 29.3 Å². The van der Waals surface area contributed by atoms with E-state index in [0.29, 0.717) is 12.2 Å². The van der Waals surface area contributed by atoms with Crippen LogP contribution in [0.2, 0.25) is 0 Å². The van der Waals surface area contributed by atoms with Gasteiger partial charge >= 0.3 is 0 Å². The Morgan fingerprint density at radius 3 is 2.85 bits per heavy atom. The maximum atomic E-state index is 10.3. The quantitative estimate of drug-likeness (QED) is 0.881. The topological polar surface area (TPSA) is 58.9 Å². The predicted molar refractivity (Wildman–Crippen MR) is 74.2 cm³/mol. The maximum absolute atomic E-state index is 10.3. The van der Waals surface area contributed by atoms with Crippen LogP contribution in [0.4, 0.5) is 0 Å². The summed E-state index contributed by atoms with van der Waals surface area (Å²) in [6.07, 6.45) is -0.587. The number of methoxy groups -OCH3 is 1. The lowest BCUT2D eigenvalue weighted by atomic mass is 9.94. The van der Waals surface area contributed by atoms with Crippen molar-refractivity contribution in [1.29, 1.82) is 0 Å². The molecule has 0 amide bonds. The van der Waals surface area contributed by atoms with Crippen molar-refractivity contribution in [3.8, 4) is 17.2 Å². The molecule has 0 bridgehead atoms. The van der Waals surface area contributed by atoms with Gasteiger partial charge in [-0.25, -0.2) is 0 Å². The van der Waals surface area contributed by atoms with Crippen molar-refractivity contribution in [1.82, 2.24) is 0 Å². The molecule has 2 N–H and O–H groups in total. The Balaban J connectivity index is 1.94. The fraction of sp³-hybridized carbons (Fsp3) is 0.250. The zero-order valence-corrected chi connectivity index (χ0v) is 11.1. The van der Waals surface area contributed by atoms with E-state index in [1.54, 1.807) is 25.3 Å². The largest absolute Gasteiger partial charge is 0.508 e. The Morgan fingerprint density at radius 2 is 2.05 bits per heavy atom. The summed E-state index contributed by atoms with van der Waals surface area (Å²) in [5.74, 6) is 1.49. The summed E-state index contributed by atoms with van der Waals surface area (Å²) in [6, 6.07) is 12.4. The average Bonchev–Trinajstić information content (AvgIpc) is 2.47. The van der Waals surface area contributed by atoms with E-state index in [9.17, 15) is 10.2 Å². The Bertz CT molecular complexity index is 624. The normalized spacial score (nSPS) is 20.9. The van der Waals surface area contributed by atoms with E-state index in [1.807, 2.05) is 24.3 Å². The van der Waals surface area contributed by atoms with E-state index in [0.717, 1.165) is 16.9 Å². The third kappa shape index (κ3) is 2.30. The average molecular weight is 272 g/mol. The molecule has 0 saturated carbocycles. The van der Waals surface area contributed by atoms with E-state index >= 15 is 0 Å². The van der Waals surface area contributed by atoms with Gasteiger partial charge in [-0.2, -0.15) is 0 Å². The van der Waals surface area contributed by atoms with Crippen LogP contribution in [-0.4, -0.2) is 23.4 Å². The maximum Gasteiger partial charge on any atom is 0.150 e. The monoisotopic (exact) mass is 272 g/mol. The van der Waals surface area contributed by atoms with Crippen LogP contribution in [0.5, 0.6) is 17.2 Å². The first-order valence-electron chi connectivity index (χ1n) is 6.48. The summed E-state index contributed by atoms with van der Waals surface area (Å²) in [6.45, 7) is 0. The Hall–Kier alpha value is -2.20. The molecule has 104 valence electrons. The van der Waals surface area contributed by atoms with Crippen molar-refractivity contribution in [3.63, 3.8) is 0 Å². The van der Waals surface area contributed by atoms with Crippen molar-refractivity contribution >= 4 is 0 Å². The van der Waals surface area contributed by atoms with Crippen LogP contribution in [0.1, 0.15) is 17.2 Å². The molecule has 0 fully saturated rings. The summed E-state index contributed by atoms with van der Waals surface area (Å²) in [7, 11) is 1.60. The molecule has 1 aliphatic rings. The molecule has 3 rings (SSSR count). The molecule has 0 radical (unpaired) electrons. The lowest BCUT2D eigenvalue weighted by molar-refractivity contribution is 0.0205. The van der Waals surface area contributed by atoms with Gasteiger partial charge in [0.05, 0.1) is 13.2 Å². The van der Waals surface area contributed by atoms with Crippen LogP contribution in [0.3, 0.4) is 0 Å². The second-order valence-corrected chi connectivity index (χ2v) is 4.88. The van der Waals surface area contributed by atoms with Gasteiger partial charge < -0.3 is 19.7 Å². The molecule has 2 aromatic rings.